The quantitative estimate of drug-likeness (QED) is 0.901. The normalized spacial score (nSPS) is 12.0. The molecule has 1 atom stereocenters. The highest BCUT2D eigenvalue weighted by Gasteiger charge is 2.14. The topological polar surface area (TPSA) is 49.3 Å². The summed E-state index contributed by atoms with van der Waals surface area (Å²) in [6.45, 7) is -0.0795. The van der Waals surface area contributed by atoms with E-state index in [0.29, 0.717) is 15.6 Å². The third kappa shape index (κ3) is 4.17. The Labute approximate surface area is 131 Å². The molecule has 2 aromatic rings. The SMILES string of the molecule is O=C(NCC(O)c1cc(Cl)cc(Cl)c1)c1ccccc1F. The summed E-state index contributed by atoms with van der Waals surface area (Å²) in [5, 5.41) is 13.2. The van der Waals surface area contributed by atoms with Gasteiger partial charge in [0.15, 0.2) is 0 Å². The van der Waals surface area contributed by atoms with Crippen LogP contribution < -0.4 is 5.32 Å². The first-order chi connectivity index (χ1) is 9.97. The second-order valence-corrected chi connectivity index (χ2v) is 5.28. The van der Waals surface area contributed by atoms with Crippen LogP contribution in [-0.2, 0) is 0 Å². The number of aliphatic hydroxyl groups excluding tert-OH is 1. The van der Waals surface area contributed by atoms with Gasteiger partial charge in [0.05, 0.1) is 11.7 Å². The maximum absolute atomic E-state index is 13.4. The van der Waals surface area contributed by atoms with Gasteiger partial charge in [-0.1, -0.05) is 35.3 Å². The molecule has 21 heavy (non-hydrogen) atoms. The van der Waals surface area contributed by atoms with E-state index in [1.54, 1.807) is 18.2 Å². The van der Waals surface area contributed by atoms with Crippen LogP contribution in [0.3, 0.4) is 0 Å². The summed E-state index contributed by atoms with van der Waals surface area (Å²) in [4.78, 5) is 11.8. The fraction of sp³-hybridized carbons (Fsp3) is 0.133. The molecule has 0 aliphatic carbocycles. The van der Waals surface area contributed by atoms with Gasteiger partial charge in [-0.05, 0) is 35.9 Å². The summed E-state index contributed by atoms with van der Waals surface area (Å²) < 4.78 is 13.4. The Morgan fingerprint density at radius 3 is 2.43 bits per heavy atom. The lowest BCUT2D eigenvalue weighted by molar-refractivity contribution is 0.0912. The van der Waals surface area contributed by atoms with Crippen LogP contribution in [0.15, 0.2) is 42.5 Å². The number of benzene rings is 2. The largest absolute Gasteiger partial charge is 0.387 e. The van der Waals surface area contributed by atoms with Crippen molar-refractivity contribution in [1.29, 1.82) is 0 Å². The smallest absolute Gasteiger partial charge is 0.254 e. The minimum Gasteiger partial charge on any atom is -0.387 e. The number of hydrogen-bond acceptors (Lipinski definition) is 2. The molecular formula is C15H12Cl2FNO2. The van der Waals surface area contributed by atoms with Gasteiger partial charge in [-0.15, -0.1) is 0 Å². The van der Waals surface area contributed by atoms with Crippen LogP contribution in [0.25, 0.3) is 0 Å². The number of aliphatic hydroxyl groups is 1. The fourth-order valence-corrected chi connectivity index (χ4v) is 2.36. The van der Waals surface area contributed by atoms with Gasteiger partial charge in [0.25, 0.3) is 5.91 Å². The minimum atomic E-state index is -0.989. The van der Waals surface area contributed by atoms with Crippen molar-refractivity contribution in [1.82, 2.24) is 5.32 Å². The van der Waals surface area contributed by atoms with Gasteiger partial charge in [0.1, 0.15) is 5.82 Å². The molecule has 0 radical (unpaired) electrons. The number of carbonyl (C=O) groups excluding carboxylic acids is 1. The van der Waals surface area contributed by atoms with Crippen molar-refractivity contribution in [3.63, 3.8) is 0 Å². The molecule has 0 heterocycles. The van der Waals surface area contributed by atoms with E-state index in [1.807, 2.05) is 0 Å². The number of amides is 1. The molecule has 2 N–H and O–H groups in total. The molecular weight excluding hydrogens is 316 g/mol. The van der Waals surface area contributed by atoms with Crippen molar-refractivity contribution < 1.29 is 14.3 Å². The Morgan fingerprint density at radius 1 is 1.19 bits per heavy atom. The van der Waals surface area contributed by atoms with Gasteiger partial charge in [-0.3, -0.25) is 4.79 Å². The molecule has 0 aromatic heterocycles. The first-order valence-electron chi connectivity index (χ1n) is 6.14. The Hall–Kier alpha value is -1.62. The molecule has 0 saturated heterocycles. The highest BCUT2D eigenvalue weighted by Crippen LogP contribution is 2.23. The van der Waals surface area contributed by atoms with Crippen LogP contribution in [-0.4, -0.2) is 17.6 Å². The lowest BCUT2D eigenvalue weighted by Crippen LogP contribution is -2.29. The summed E-state index contributed by atoms with van der Waals surface area (Å²) in [6.07, 6.45) is -0.989. The van der Waals surface area contributed by atoms with E-state index in [0.717, 1.165) is 0 Å². The maximum Gasteiger partial charge on any atom is 0.254 e. The molecule has 110 valence electrons. The highest BCUT2D eigenvalue weighted by atomic mass is 35.5. The van der Waals surface area contributed by atoms with E-state index in [4.69, 9.17) is 23.2 Å². The first kappa shape index (κ1) is 15.8. The van der Waals surface area contributed by atoms with E-state index in [-0.39, 0.29) is 12.1 Å². The van der Waals surface area contributed by atoms with Crippen molar-refractivity contribution in [2.24, 2.45) is 0 Å². The monoisotopic (exact) mass is 327 g/mol. The molecule has 2 aromatic carbocycles. The molecule has 0 bridgehead atoms. The van der Waals surface area contributed by atoms with Gasteiger partial charge in [0.2, 0.25) is 0 Å². The lowest BCUT2D eigenvalue weighted by atomic mass is 10.1. The summed E-state index contributed by atoms with van der Waals surface area (Å²) in [6, 6.07) is 10.3. The van der Waals surface area contributed by atoms with Crippen molar-refractivity contribution >= 4 is 29.1 Å². The lowest BCUT2D eigenvalue weighted by Gasteiger charge is -2.13. The van der Waals surface area contributed by atoms with Crippen molar-refractivity contribution in [3.8, 4) is 0 Å². The van der Waals surface area contributed by atoms with Crippen LogP contribution in [0.2, 0.25) is 10.0 Å². The molecule has 0 fully saturated rings. The Balaban J connectivity index is 2.02. The van der Waals surface area contributed by atoms with E-state index >= 15 is 0 Å². The molecule has 1 amide bonds. The Kier molecular flexibility index (Phi) is 5.17. The summed E-state index contributed by atoms with van der Waals surface area (Å²) >= 11 is 11.7. The van der Waals surface area contributed by atoms with E-state index in [2.05, 4.69) is 5.32 Å². The maximum atomic E-state index is 13.4. The summed E-state index contributed by atoms with van der Waals surface area (Å²) in [5.41, 5.74) is 0.398. The van der Waals surface area contributed by atoms with Crippen molar-refractivity contribution in [2.45, 2.75) is 6.10 Å². The molecule has 6 heteroatoms. The van der Waals surface area contributed by atoms with E-state index < -0.39 is 17.8 Å². The summed E-state index contributed by atoms with van der Waals surface area (Å²) in [5.74, 6) is -1.21. The number of halogens is 3. The third-order valence-corrected chi connectivity index (χ3v) is 3.28. The van der Waals surface area contributed by atoms with E-state index in [9.17, 15) is 14.3 Å². The zero-order valence-corrected chi connectivity index (χ0v) is 12.3. The van der Waals surface area contributed by atoms with Crippen molar-refractivity contribution in [2.75, 3.05) is 6.54 Å². The van der Waals surface area contributed by atoms with Crippen LogP contribution in [0.1, 0.15) is 22.0 Å². The second-order valence-electron chi connectivity index (χ2n) is 4.41. The van der Waals surface area contributed by atoms with Gasteiger partial charge in [-0.2, -0.15) is 0 Å². The standard InChI is InChI=1S/C15H12Cl2FNO2/c16-10-5-9(6-11(17)7-10)14(20)8-19-15(21)12-3-1-2-4-13(12)18/h1-7,14,20H,8H2,(H,19,21). The minimum absolute atomic E-state index is 0.0752. The molecule has 0 spiro atoms. The van der Waals surface area contributed by atoms with Crippen LogP contribution >= 0.6 is 23.2 Å². The average Bonchev–Trinajstić information content (AvgIpc) is 2.43. The van der Waals surface area contributed by atoms with Gasteiger partial charge in [0, 0.05) is 16.6 Å². The van der Waals surface area contributed by atoms with Crippen LogP contribution in [0, 0.1) is 5.82 Å². The molecule has 0 saturated carbocycles. The van der Waals surface area contributed by atoms with Gasteiger partial charge >= 0.3 is 0 Å². The molecule has 0 aliphatic heterocycles. The van der Waals surface area contributed by atoms with Crippen LogP contribution in [0.4, 0.5) is 4.39 Å². The number of carbonyl (C=O) groups is 1. The van der Waals surface area contributed by atoms with Crippen LogP contribution in [0.5, 0.6) is 0 Å². The zero-order chi connectivity index (χ0) is 15.4. The highest BCUT2D eigenvalue weighted by molar-refractivity contribution is 6.34. The second kappa shape index (κ2) is 6.89. The predicted molar refractivity (Wildman–Crippen MR) is 80.2 cm³/mol. The van der Waals surface area contributed by atoms with Gasteiger partial charge < -0.3 is 10.4 Å². The van der Waals surface area contributed by atoms with Gasteiger partial charge in [-0.25, -0.2) is 4.39 Å². The average molecular weight is 328 g/mol. The molecule has 3 nitrogen and oxygen atoms in total. The fourth-order valence-electron chi connectivity index (χ4n) is 1.82. The first-order valence-corrected chi connectivity index (χ1v) is 6.90. The molecule has 2 rings (SSSR count). The Morgan fingerprint density at radius 2 is 1.81 bits per heavy atom. The third-order valence-electron chi connectivity index (χ3n) is 2.84. The van der Waals surface area contributed by atoms with Crippen molar-refractivity contribution in [3.05, 3.63) is 69.5 Å². The summed E-state index contributed by atoms with van der Waals surface area (Å²) in [7, 11) is 0. The zero-order valence-electron chi connectivity index (χ0n) is 10.8. The number of rotatable bonds is 4. The number of nitrogens with one attached hydrogen (secondary N) is 1. The molecule has 1 unspecified atom stereocenters. The number of hydrogen-bond donors (Lipinski definition) is 2. The predicted octanol–water partition coefficient (Wildman–Crippen LogP) is 3.60. The van der Waals surface area contributed by atoms with E-state index in [1.165, 1.54) is 24.3 Å². The molecule has 0 aliphatic rings. The Bertz CT molecular complexity index is 644.